The van der Waals surface area contributed by atoms with Gasteiger partial charge in [-0.25, -0.2) is 8.42 Å². The summed E-state index contributed by atoms with van der Waals surface area (Å²) in [5, 5.41) is 9.82. The lowest BCUT2D eigenvalue weighted by Gasteiger charge is -2.26. The molecule has 0 atom stereocenters. The van der Waals surface area contributed by atoms with E-state index in [0.29, 0.717) is 13.1 Å². The van der Waals surface area contributed by atoms with Crippen molar-refractivity contribution in [3.63, 3.8) is 0 Å². The van der Waals surface area contributed by atoms with E-state index in [-0.39, 0.29) is 15.6 Å². The van der Waals surface area contributed by atoms with E-state index in [1.54, 1.807) is 0 Å². The molecule has 3 N–H and O–H groups in total. The van der Waals surface area contributed by atoms with Crippen LogP contribution in [0.3, 0.4) is 0 Å². The van der Waals surface area contributed by atoms with Crippen molar-refractivity contribution in [3.8, 4) is 5.75 Å². The molecule has 1 saturated heterocycles. The van der Waals surface area contributed by atoms with Crippen LogP contribution in [0.1, 0.15) is 19.3 Å². The molecule has 1 heterocycles. The number of benzene rings is 1. The summed E-state index contributed by atoms with van der Waals surface area (Å²) in [6.07, 6.45) is 2.66. The topological polar surface area (TPSA) is 83.6 Å². The minimum Gasteiger partial charge on any atom is -0.504 e. The van der Waals surface area contributed by atoms with Crippen molar-refractivity contribution in [3.05, 3.63) is 17.2 Å². The second-order valence-corrected chi connectivity index (χ2v) is 6.56. The number of nitrogens with zero attached hydrogens (tertiary/aromatic N) is 1. The summed E-state index contributed by atoms with van der Waals surface area (Å²) in [7, 11) is -3.77. The normalized spacial score (nSPS) is 17.8. The first-order valence-electron chi connectivity index (χ1n) is 5.71. The summed E-state index contributed by atoms with van der Waals surface area (Å²) in [5.74, 6) is -0.465. The molecule has 0 radical (unpaired) electrons. The number of halogens is 1. The van der Waals surface area contributed by atoms with Crippen molar-refractivity contribution < 1.29 is 13.5 Å². The van der Waals surface area contributed by atoms with E-state index in [4.69, 9.17) is 17.3 Å². The Labute approximate surface area is 111 Å². The lowest BCUT2D eigenvalue weighted by molar-refractivity contribution is 0.344. The molecule has 0 amide bonds. The van der Waals surface area contributed by atoms with E-state index in [9.17, 15) is 13.5 Å². The Bertz CT molecular complexity index is 554. The van der Waals surface area contributed by atoms with E-state index in [2.05, 4.69) is 0 Å². The zero-order chi connectivity index (χ0) is 13.3. The van der Waals surface area contributed by atoms with Gasteiger partial charge in [-0.15, -0.1) is 0 Å². The Balaban J connectivity index is 2.50. The minimum atomic E-state index is -3.77. The zero-order valence-electron chi connectivity index (χ0n) is 9.76. The summed E-state index contributed by atoms with van der Waals surface area (Å²) in [6.45, 7) is 0.903. The average molecular weight is 291 g/mol. The van der Waals surface area contributed by atoms with Crippen LogP contribution in [-0.2, 0) is 10.0 Å². The van der Waals surface area contributed by atoms with E-state index >= 15 is 0 Å². The number of nitrogen functional groups attached to an aromatic ring is 1. The van der Waals surface area contributed by atoms with Gasteiger partial charge in [0.1, 0.15) is 4.90 Å². The van der Waals surface area contributed by atoms with E-state index in [1.165, 1.54) is 16.4 Å². The van der Waals surface area contributed by atoms with Gasteiger partial charge in [-0.1, -0.05) is 18.0 Å². The highest BCUT2D eigenvalue weighted by atomic mass is 35.5. The first-order chi connectivity index (χ1) is 8.44. The monoisotopic (exact) mass is 290 g/mol. The highest BCUT2D eigenvalue weighted by Gasteiger charge is 2.31. The average Bonchev–Trinajstić information content (AvgIpc) is 2.35. The molecular weight excluding hydrogens is 276 g/mol. The Morgan fingerprint density at radius 1 is 1.22 bits per heavy atom. The van der Waals surface area contributed by atoms with Gasteiger partial charge < -0.3 is 10.8 Å². The second kappa shape index (κ2) is 4.95. The van der Waals surface area contributed by atoms with Crippen LogP contribution < -0.4 is 5.73 Å². The van der Waals surface area contributed by atoms with Crippen molar-refractivity contribution in [1.29, 1.82) is 0 Å². The number of rotatable bonds is 2. The highest BCUT2D eigenvalue weighted by molar-refractivity contribution is 7.89. The van der Waals surface area contributed by atoms with Gasteiger partial charge >= 0.3 is 0 Å². The quantitative estimate of drug-likeness (QED) is 0.642. The van der Waals surface area contributed by atoms with Crippen LogP contribution in [0.5, 0.6) is 5.75 Å². The molecule has 1 aliphatic heterocycles. The fourth-order valence-electron chi connectivity index (χ4n) is 2.04. The van der Waals surface area contributed by atoms with Crippen molar-refractivity contribution in [2.24, 2.45) is 0 Å². The summed E-state index contributed by atoms with van der Waals surface area (Å²) >= 11 is 5.88. The summed E-state index contributed by atoms with van der Waals surface area (Å²) < 4.78 is 26.2. The second-order valence-electron chi connectivity index (χ2n) is 4.28. The summed E-state index contributed by atoms with van der Waals surface area (Å²) in [5.41, 5.74) is 5.53. The third kappa shape index (κ3) is 2.28. The first kappa shape index (κ1) is 13.5. The number of hydrogen-bond acceptors (Lipinski definition) is 4. The number of piperidine rings is 1. The van der Waals surface area contributed by atoms with Gasteiger partial charge in [0.15, 0.2) is 5.75 Å². The molecule has 2 rings (SSSR count). The van der Waals surface area contributed by atoms with Gasteiger partial charge in [-0.2, -0.15) is 4.31 Å². The van der Waals surface area contributed by atoms with Crippen LogP contribution in [0.25, 0.3) is 0 Å². The summed E-state index contributed by atoms with van der Waals surface area (Å²) in [6, 6.07) is 2.76. The number of phenols is 1. The molecule has 0 unspecified atom stereocenters. The minimum absolute atomic E-state index is 0.00715. The van der Waals surface area contributed by atoms with Gasteiger partial charge in [0.05, 0.1) is 10.7 Å². The van der Waals surface area contributed by atoms with Crippen molar-refractivity contribution in [2.45, 2.75) is 24.2 Å². The van der Waals surface area contributed by atoms with Gasteiger partial charge in [0, 0.05) is 13.1 Å². The molecule has 0 bridgehead atoms. The Morgan fingerprint density at radius 2 is 1.83 bits per heavy atom. The van der Waals surface area contributed by atoms with Crippen LogP contribution in [-0.4, -0.2) is 30.9 Å². The van der Waals surface area contributed by atoms with E-state index < -0.39 is 15.8 Å². The maximum atomic E-state index is 12.4. The standard InChI is InChI=1S/C11H15ClN2O3S/c12-8-4-5-9(13)10(15)11(8)18(16,17)14-6-2-1-3-7-14/h4-5,15H,1-3,6-7,13H2. The Morgan fingerprint density at radius 3 is 2.44 bits per heavy atom. The molecule has 0 aliphatic carbocycles. The Hall–Kier alpha value is -0.980. The first-order valence-corrected chi connectivity index (χ1v) is 7.53. The lowest BCUT2D eigenvalue weighted by Crippen LogP contribution is -2.35. The largest absolute Gasteiger partial charge is 0.504 e. The molecule has 1 fully saturated rings. The van der Waals surface area contributed by atoms with Crippen molar-refractivity contribution >= 4 is 27.3 Å². The third-order valence-corrected chi connectivity index (χ3v) is 5.43. The fraction of sp³-hybridized carbons (Fsp3) is 0.455. The molecule has 0 aromatic heterocycles. The number of hydrogen-bond donors (Lipinski definition) is 2. The SMILES string of the molecule is Nc1ccc(Cl)c(S(=O)(=O)N2CCCCC2)c1O. The van der Waals surface area contributed by atoms with Crippen molar-refractivity contribution in [1.82, 2.24) is 4.31 Å². The highest BCUT2D eigenvalue weighted by Crippen LogP contribution is 2.37. The maximum absolute atomic E-state index is 12.4. The molecule has 100 valence electrons. The van der Waals surface area contributed by atoms with Crippen LogP contribution in [0.2, 0.25) is 5.02 Å². The van der Waals surface area contributed by atoms with Gasteiger partial charge in [0.2, 0.25) is 10.0 Å². The number of nitrogens with two attached hydrogens (primary N) is 1. The molecule has 1 aromatic carbocycles. The zero-order valence-corrected chi connectivity index (χ0v) is 11.3. The lowest BCUT2D eigenvalue weighted by atomic mass is 10.2. The number of sulfonamides is 1. The van der Waals surface area contributed by atoms with Crippen LogP contribution in [0.15, 0.2) is 17.0 Å². The number of phenolic OH excluding ortho intramolecular Hbond substituents is 1. The van der Waals surface area contributed by atoms with Gasteiger partial charge in [0.25, 0.3) is 0 Å². The third-order valence-electron chi connectivity index (χ3n) is 3.03. The maximum Gasteiger partial charge on any atom is 0.248 e. The molecule has 1 aromatic rings. The molecular formula is C11H15ClN2O3S. The van der Waals surface area contributed by atoms with Gasteiger partial charge in [-0.05, 0) is 25.0 Å². The van der Waals surface area contributed by atoms with Crippen LogP contribution in [0.4, 0.5) is 5.69 Å². The molecule has 1 aliphatic rings. The van der Waals surface area contributed by atoms with Crippen molar-refractivity contribution in [2.75, 3.05) is 18.8 Å². The molecule has 0 saturated carbocycles. The van der Waals surface area contributed by atoms with E-state index in [1.807, 2.05) is 0 Å². The molecule has 18 heavy (non-hydrogen) atoms. The Kier molecular flexibility index (Phi) is 3.70. The number of aromatic hydroxyl groups is 1. The van der Waals surface area contributed by atoms with Gasteiger partial charge in [-0.3, -0.25) is 0 Å². The molecule has 0 spiro atoms. The van der Waals surface area contributed by atoms with E-state index in [0.717, 1.165) is 19.3 Å². The predicted molar refractivity (Wildman–Crippen MR) is 70.1 cm³/mol. The van der Waals surface area contributed by atoms with Crippen LogP contribution in [0, 0.1) is 0 Å². The summed E-state index contributed by atoms with van der Waals surface area (Å²) in [4.78, 5) is -0.286. The number of anilines is 1. The smallest absolute Gasteiger partial charge is 0.248 e. The van der Waals surface area contributed by atoms with Crippen LogP contribution >= 0.6 is 11.6 Å². The molecule has 5 nitrogen and oxygen atoms in total. The fourth-order valence-corrected chi connectivity index (χ4v) is 4.16. The predicted octanol–water partition coefficient (Wildman–Crippen LogP) is 1.80. The molecule has 7 heteroatoms.